The molecular formula is C20H41NSi. The molecule has 0 saturated carbocycles. The molecule has 1 heterocycles. The molecular weight excluding hydrogens is 282 g/mol. The fourth-order valence-corrected chi connectivity index (χ4v) is 7.49. The highest BCUT2D eigenvalue weighted by atomic mass is 28.3. The third-order valence-corrected chi connectivity index (χ3v) is 11.1. The molecule has 22 heavy (non-hydrogen) atoms. The van der Waals surface area contributed by atoms with Crippen molar-refractivity contribution in [3.05, 3.63) is 12.7 Å². The van der Waals surface area contributed by atoms with Crippen LogP contribution in [0.25, 0.3) is 0 Å². The molecule has 1 saturated heterocycles. The first kappa shape index (κ1) is 20.0. The van der Waals surface area contributed by atoms with Gasteiger partial charge in [0, 0.05) is 0 Å². The van der Waals surface area contributed by atoms with Crippen molar-refractivity contribution in [3.63, 3.8) is 0 Å². The van der Waals surface area contributed by atoms with Crippen molar-refractivity contribution in [3.8, 4) is 0 Å². The minimum atomic E-state index is -1.12. The van der Waals surface area contributed by atoms with Crippen molar-refractivity contribution in [2.75, 3.05) is 19.3 Å². The molecule has 0 N–H and O–H groups in total. The van der Waals surface area contributed by atoms with E-state index in [4.69, 9.17) is 0 Å². The van der Waals surface area contributed by atoms with Gasteiger partial charge in [0.15, 0.2) is 0 Å². The predicted molar refractivity (Wildman–Crippen MR) is 104 cm³/mol. The van der Waals surface area contributed by atoms with Gasteiger partial charge in [-0.1, -0.05) is 83.4 Å². The van der Waals surface area contributed by atoms with Crippen molar-refractivity contribution in [1.82, 2.24) is 4.90 Å². The van der Waals surface area contributed by atoms with Gasteiger partial charge in [-0.25, -0.2) is 0 Å². The molecule has 0 radical (unpaired) electrons. The zero-order chi connectivity index (χ0) is 16.1. The Morgan fingerprint density at radius 3 is 1.55 bits per heavy atom. The van der Waals surface area contributed by atoms with E-state index < -0.39 is 8.07 Å². The van der Waals surface area contributed by atoms with E-state index in [-0.39, 0.29) is 0 Å². The first-order chi connectivity index (χ1) is 10.8. The van der Waals surface area contributed by atoms with E-state index in [1.807, 2.05) is 0 Å². The van der Waals surface area contributed by atoms with Crippen LogP contribution in [0.15, 0.2) is 12.7 Å². The summed E-state index contributed by atoms with van der Waals surface area (Å²) in [5.74, 6) is 0. The second-order valence-corrected chi connectivity index (χ2v) is 12.7. The maximum atomic E-state index is 4.04. The van der Waals surface area contributed by atoms with E-state index in [0.717, 1.165) is 0 Å². The summed E-state index contributed by atoms with van der Waals surface area (Å²) < 4.78 is 0. The van der Waals surface area contributed by atoms with Crippen molar-refractivity contribution < 1.29 is 0 Å². The average Bonchev–Trinajstić information content (AvgIpc) is 2.56. The smallest absolute Gasteiger partial charge is 0.0722 e. The van der Waals surface area contributed by atoms with E-state index in [1.165, 1.54) is 102 Å². The second-order valence-electron chi connectivity index (χ2n) is 7.51. The Hall–Kier alpha value is -0.0831. The first-order valence-electron chi connectivity index (χ1n) is 10.1. The Bertz CT molecular complexity index is 259. The van der Waals surface area contributed by atoms with E-state index in [0.29, 0.717) is 0 Å². The summed E-state index contributed by atoms with van der Waals surface area (Å²) >= 11 is 0. The molecule has 2 heteroatoms. The molecule has 130 valence electrons. The largest absolute Gasteiger partial charge is 0.306 e. The van der Waals surface area contributed by atoms with Crippen LogP contribution < -0.4 is 0 Å². The van der Waals surface area contributed by atoms with Crippen molar-refractivity contribution >= 4 is 8.07 Å². The van der Waals surface area contributed by atoms with Gasteiger partial charge >= 0.3 is 0 Å². The quantitative estimate of drug-likeness (QED) is 0.403. The highest BCUT2D eigenvalue weighted by Gasteiger charge is 2.29. The summed E-state index contributed by atoms with van der Waals surface area (Å²) in [4.78, 5) is 2.85. The molecule has 0 unspecified atom stereocenters. The predicted octanol–water partition coefficient (Wildman–Crippen LogP) is 6.42. The second kappa shape index (κ2) is 12.4. The zero-order valence-electron chi connectivity index (χ0n) is 15.5. The fraction of sp³-hybridized carbons (Fsp3) is 0.900. The third kappa shape index (κ3) is 7.96. The molecule has 1 aliphatic rings. The summed E-state index contributed by atoms with van der Waals surface area (Å²) in [6.45, 7) is 11.6. The minimum Gasteiger partial charge on any atom is -0.306 e. The lowest BCUT2D eigenvalue weighted by molar-refractivity contribution is 0.294. The lowest BCUT2D eigenvalue weighted by Gasteiger charge is -2.35. The number of allylic oxidation sites excluding steroid dienone is 1. The third-order valence-electron chi connectivity index (χ3n) is 5.84. The molecule has 1 nitrogen and oxygen atoms in total. The normalized spacial score (nSPS) is 20.6. The Labute approximate surface area is 141 Å². The van der Waals surface area contributed by atoms with Crippen LogP contribution in [-0.4, -0.2) is 32.2 Å². The van der Waals surface area contributed by atoms with Crippen LogP contribution in [0.4, 0.5) is 0 Å². The van der Waals surface area contributed by atoms with Crippen molar-refractivity contribution in [2.24, 2.45) is 0 Å². The maximum Gasteiger partial charge on any atom is 0.0722 e. The molecule has 1 rings (SSSR count). The Morgan fingerprint density at radius 2 is 1.18 bits per heavy atom. The number of nitrogens with zero attached hydrogens (tertiary/aromatic N) is 1. The van der Waals surface area contributed by atoms with Crippen LogP contribution in [0, 0.1) is 0 Å². The van der Waals surface area contributed by atoms with Crippen molar-refractivity contribution in [2.45, 2.75) is 96.2 Å². The SMILES string of the molecule is C=CC[Si](CC)(CC)CN1CCCCCCCCCCCC1. The van der Waals surface area contributed by atoms with Gasteiger partial charge in [0.2, 0.25) is 0 Å². The van der Waals surface area contributed by atoms with Crippen LogP contribution in [0.1, 0.15) is 78.1 Å². The Balaban J connectivity index is 2.55. The van der Waals surface area contributed by atoms with Crippen LogP contribution in [0.5, 0.6) is 0 Å². The molecule has 0 spiro atoms. The first-order valence-corrected chi connectivity index (χ1v) is 12.9. The molecule has 1 fully saturated rings. The minimum absolute atomic E-state index is 1.12. The van der Waals surface area contributed by atoms with Crippen LogP contribution in [0.3, 0.4) is 0 Å². The van der Waals surface area contributed by atoms with E-state index in [2.05, 4.69) is 31.4 Å². The van der Waals surface area contributed by atoms with Gasteiger partial charge in [0.25, 0.3) is 0 Å². The van der Waals surface area contributed by atoms with Crippen LogP contribution in [0.2, 0.25) is 18.1 Å². The lowest BCUT2D eigenvalue weighted by Crippen LogP contribution is -2.46. The molecule has 0 bridgehead atoms. The average molecular weight is 324 g/mol. The summed E-state index contributed by atoms with van der Waals surface area (Å²) in [6, 6.07) is 4.16. The summed E-state index contributed by atoms with van der Waals surface area (Å²) in [5, 5.41) is 0. The van der Waals surface area contributed by atoms with Crippen LogP contribution in [-0.2, 0) is 0 Å². The monoisotopic (exact) mass is 323 g/mol. The number of rotatable bonds is 6. The lowest BCUT2D eigenvalue weighted by atomic mass is 10.1. The van der Waals surface area contributed by atoms with Gasteiger partial charge in [0.05, 0.1) is 8.07 Å². The summed E-state index contributed by atoms with van der Waals surface area (Å²) in [5.41, 5.74) is 0. The van der Waals surface area contributed by atoms with E-state index >= 15 is 0 Å². The zero-order valence-corrected chi connectivity index (χ0v) is 16.5. The van der Waals surface area contributed by atoms with Gasteiger partial charge in [-0.15, -0.1) is 6.58 Å². The standard InChI is InChI=1S/C20H41NSi/c1-4-19-22(5-2,6-3)20-21-17-15-13-11-9-7-8-10-12-14-16-18-21/h4H,1,5-20H2,2-3H3. The molecule has 0 amide bonds. The van der Waals surface area contributed by atoms with Crippen LogP contribution >= 0.6 is 0 Å². The van der Waals surface area contributed by atoms with Gasteiger partial charge in [-0.05, 0) is 38.1 Å². The number of hydrogen-bond acceptors (Lipinski definition) is 1. The maximum absolute atomic E-state index is 4.04. The van der Waals surface area contributed by atoms with E-state index in [1.54, 1.807) is 0 Å². The Morgan fingerprint density at radius 1 is 0.773 bits per heavy atom. The summed E-state index contributed by atoms with van der Waals surface area (Å²) in [6.07, 6.45) is 18.2. The number of hydrogen-bond donors (Lipinski definition) is 0. The highest BCUT2D eigenvalue weighted by Crippen LogP contribution is 2.23. The highest BCUT2D eigenvalue weighted by molar-refractivity contribution is 6.80. The van der Waals surface area contributed by atoms with Gasteiger partial charge < -0.3 is 4.90 Å². The molecule has 0 aromatic rings. The van der Waals surface area contributed by atoms with Gasteiger partial charge in [-0.3, -0.25) is 0 Å². The molecule has 1 aliphatic heterocycles. The molecule has 0 aromatic carbocycles. The van der Waals surface area contributed by atoms with Gasteiger partial charge in [-0.2, -0.15) is 0 Å². The van der Waals surface area contributed by atoms with E-state index in [9.17, 15) is 0 Å². The topological polar surface area (TPSA) is 3.24 Å². The van der Waals surface area contributed by atoms with Crippen molar-refractivity contribution in [1.29, 1.82) is 0 Å². The fourth-order valence-electron chi connectivity index (χ4n) is 3.96. The molecule has 0 atom stereocenters. The summed E-state index contributed by atoms with van der Waals surface area (Å²) in [7, 11) is -1.12. The Kier molecular flexibility index (Phi) is 11.2. The molecule has 0 aromatic heterocycles. The van der Waals surface area contributed by atoms with Gasteiger partial charge in [0.1, 0.15) is 0 Å². The molecule has 0 aliphatic carbocycles.